The Kier molecular flexibility index (Phi) is 6.97. The number of rotatable bonds is 8. The summed E-state index contributed by atoms with van der Waals surface area (Å²) in [5, 5.41) is 0. The molecule has 2 aromatic carbocycles. The predicted octanol–water partition coefficient (Wildman–Crippen LogP) is 4.66. The molecule has 0 N–H and O–H groups in total. The first-order chi connectivity index (χ1) is 12.5. The van der Waals surface area contributed by atoms with Gasteiger partial charge in [-0.25, -0.2) is 4.79 Å². The Balaban J connectivity index is 2.20. The van der Waals surface area contributed by atoms with Gasteiger partial charge in [0.1, 0.15) is 17.2 Å². The van der Waals surface area contributed by atoms with Crippen LogP contribution < -0.4 is 9.47 Å². The highest BCUT2D eigenvalue weighted by Gasteiger charge is 2.11. The molecular formula is C21H22O5. The summed E-state index contributed by atoms with van der Waals surface area (Å²) in [6, 6.07) is 12.2. The van der Waals surface area contributed by atoms with Crippen LogP contribution in [-0.4, -0.2) is 25.5 Å². The zero-order valence-corrected chi connectivity index (χ0v) is 15.2. The Labute approximate surface area is 153 Å². The number of hydrogen-bond donors (Lipinski definition) is 0. The fourth-order valence-corrected chi connectivity index (χ4v) is 2.23. The monoisotopic (exact) mass is 354 g/mol. The first-order valence-corrected chi connectivity index (χ1v) is 8.35. The number of methoxy groups -OCH3 is 1. The molecule has 0 aliphatic heterocycles. The second-order valence-corrected chi connectivity index (χ2v) is 5.59. The van der Waals surface area contributed by atoms with Crippen LogP contribution in [0.4, 0.5) is 0 Å². The van der Waals surface area contributed by atoms with Crippen LogP contribution in [0.25, 0.3) is 6.08 Å². The number of hydrogen-bond acceptors (Lipinski definition) is 5. The van der Waals surface area contributed by atoms with Crippen LogP contribution in [0, 0.1) is 0 Å². The van der Waals surface area contributed by atoms with Gasteiger partial charge in [0, 0.05) is 12.1 Å². The zero-order chi connectivity index (χ0) is 18.9. The van der Waals surface area contributed by atoms with E-state index in [2.05, 4.69) is 0 Å². The van der Waals surface area contributed by atoms with Gasteiger partial charge >= 0.3 is 5.97 Å². The van der Waals surface area contributed by atoms with Crippen molar-refractivity contribution in [3.63, 3.8) is 0 Å². The Morgan fingerprint density at radius 1 is 1.08 bits per heavy atom. The lowest BCUT2D eigenvalue weighted by Crippen LogP contribution is -2.00. The average Bonchev–Trinajstić information content (AvgIpc) is 2.64. The molecule has 0 saturated carbocycles. The van der Waals surface area contributed by atoms with E-state index in [9.17, 15) is 9.59 Å². The van der Waals surface area contributed by atoms with Gasteiger partial charge in [0.05, 0.1) is 19.3 Å². The molecule has 0 atom stereocenters. The number of ether oxygens (including phenoxy) is 3. The molecule has 0 fully saturated rings. The summed E-state index contributed by atoms with van der Waals surface area (Å²) in [7, 11) is 1.55. The highest BCUT2D eigenvalue weighted by Crippen LogP contribution is 2.30. The molecule has 2 rings (SSSR count). The largest absolute Gasteiger partial charge is 0.497 e. The SMILES string of the molecule is CCCOC(=O)C=Cc1cccc(Oc2cc(OC)ccc2C(C)=O)c1. The summed E-state index contributed by atoms with van der Waals surface area (Å²) in [4.78, 5) is 23.4. The van der Waals surface area contributed by atoms with Crippen LogP contribution in [0.2, 0.25) is 0 Å². The van der Waals surface area contributed by atoms with Gasteiger partial charge in [-0.1, -0.05) is 19.1 Å². The molecule has 5 nitrogen and oxygen atoms in total. The van der Waals surface area contributed by atoms with Gasteiger partial charge in [-0.2, -0.15) is 0 Å². The lowest BCUT2D eigenvalue weighted by molar-refractivity contribution is -0.137. The van der Waals surface area contributed by atoms with E-state index in [1.165, 1.54) is 13.0 Å². The van der Waals surface area contributed by atoms with Gasteiger partial charge in [0.2, 0.25) is 0 Å². The Morgan fingerprint density at radius 3 is 2.58 bits per heavy atom. The lowest BCUT2D eigenvalue weighted by Gasteiger charge is -2.11. The van der Waals surface area contributed by atoms with E-state index in [0.717, 1.165) is 12.0 Å². The summed E-state index contributed by atoms with van der Waals surface area (Å²) < 4.78 is 16.1. The minimum Gasteiger partial charge on any atom is -0.497 e. The number of ketones is 1. The standard InChI is InChI=1S/C21H22O5/c1-4-12-25-21(23)11-8-16-6-5-7-18(13-16)26-20-14-17(24-3)9-10-19(20)15(2)22/h5-11,13-14H,4,12H2,1-3H3. The molecule has 136 valence electrons. The van der Waals surface area contributed by atoms with Gasteiger partial charge < -0.3 is 14.2 Å². The average molecular weight is 354 g/mol. The lowest BCUT2D eigenvalue weighted by atomic mass is 10.1. The Morgan fingerprint density at radius 2 is 1.88 bits per heavy atom. The van der Waals surface area contributed by atoms with Gasteiger partial charge in [-0.05, 0) is 49.2 Å². The number of carbonyl (C=O) groups is 2. The van der Waals surface area contributed by atoms with Gasteiger partial charge in [0.15, 0.2) is 5.78 Å². The molecule has 0 saturated heterocycles. The summed E-state index contributed by atoms with van der Waals surface area (Å²) in [6.07, 6.45) is 3.81. The Hall–Kier alpha value is -3.08. The molecule has 0 heterocycles. The van der Waals surface area contributed by atoms with Crippen molar-refractivity contribution >= 4 is 17.8 Å². The van der Waals surface area contributed by atoms with E-state index in [4.69, 9.17) is 14.2 Å². The molecular weight excluding hydrogens is 332 g/mol. The second kappa shape index (κ2) is 9.42. The summed E-state index contributed by atoms with van der Waals surface area (Å²) in [5.74, 6) is 1.08. The van der Waals surface area contributed by atoms with Crippen molar-refractivity contribution in [1.29, 1.82) is 0 Å². The third-order valence-electron chi connectivity index (χ3n) is 3.51. The smallest absolute Gasteiger partial charge is 0.330 e. The molecule has 2 aromatic rings. The van der Waals surface area contributed by atoms with Crippen LogP contribution in [0.15, 0.2) is 48.5 Å². The van der Waals surface area contributed by atoms with Crippen LogP contribution >= 0.6 is 0 Å². The molecule has 0 unspecified atom stereocenters. The highest BCUT2D eigenvalue weighted by atomic mass is 16.5. The molecule has 0 spiro atoms. The van der Waals surface area contributed by atoms with Crippen molar-refractivity contribution in [3.05, 3.63) is 59.7 Å². The maximum absolute atomic E-state index is 11.8. The minimum atomic E-state index is -0.384. The summed E-state index contributed by atoms with van der Waals surface area (Å²) in [5.41, 5.74) is 1.25. The van der Waals surface area contributed by atoms with Crippen LogP contribution in [0.1, 0.15) is 36.2 Å². The van der Waals surface area contributed by atoms with Gasteiger partial charge in [0.25, 0.3) is 0 Å². The van der Waals surface area contributed by atoms with Crippen molar-refractivity contribution in [2.24, 2.45) is 0 Å². The van der Waals surface area contributed by atoms with Crippen LogP contribution in [0.5, 0.6) is 17.2 Å². The topological polar surface area (TPSA) is 61.8 Å². The number of carbonyl (C=O) groups excluding carboxylic acids is 2. The van der Waals surface area contributed by atoms with Crippen molar-refractivity contribution in [2.45, 2.75) is 20.3 Å². The summed E-state index contributed by atoms with van der Waals surface area (Å²) >= 11 is 0. The number of benzene rings is 2. The van der Waals surface area contributed by atoms with Crippen LogP contribution in [-0.2, 0) is 9.53 Å². The minimum absolute atomic E-state index is 0.0997. The van der Waals surface area contributed by atoms with E-state index >= 15 is 0 Å². The Bertz CT molecular complexity index is 808. The third-order valence-corrected chi connectivity index (χ3v) is 3.51. The van der Waals surface area contributed by atoms with Crippen molar-refractivity contribution in [3.8, 4) is 17.2 Å². The number of esters is 1. The van der Waals surface area contributed by atoms with E-state index in [0.29, 0.717) is 29.4 Å². The molecule has 0 bridgehead atoms. The zero-order valence-electron chi connectivity index (χ0n) is 15.2. The van der Waals surface area contributed by atoms with Gasteiger partial charge in [-0.3, -0.25) is 4.79 Å². The fraction of sp³-hybridized carbons (Fsp3) is 0.238. The second-order valence-electron chi connectivity index (χ2n) is 5.59. The normalized spacial score (nSPS) is 10.6. The third kappa shape index (κ3) is 5.48. The molecule has 26 heavy (non-hydrogen) atoms. The molecule has 0 aliphatic rings. The molecule has 0 aromatic heterocycles. The van der Waals surface area contributed by atoms with E-state index in [1.54, 1.807) is 49.6 Å². The van der Waals surface area contributed by atoms with E-state index in [1.807, 2.05) is 13.0 Å². The molecule has 0 amide bonds. The maximum Gasteiger partial charge on any atom is 0.330 e. The fourth-order valence-electron chi connectivity index (χ4n) is 2.23. The first kappa shape index (κ1) is 19.2. The molecule has 5 heteroatoms. The van der Waals surface area contributed by atoms with Crippen molar-refractivity contribution in [1.82, 2.24) is 0 Å². The van der Waals surface area contributed by atoms with Gasteiger partial charge in [-0.15, -0.1) is 0 Å². The summed E-state index contributed by atoms with van der Waals surface area (Å²) in [6.45, 7) is 3.82. The van der Waals surface area contributed by atoms with Crippen molar-refractivity contribution in [2.75, 3.05) is 13.7 Å². The first-order valence-electron chi connectivity index (χ1n) is 8.35. The number of Topliss-reactive ketones (excluding diaryl/α,β-unsaturated/α-hetero) is 1. The predicted molar refractivity (Wildman–Crippen MR) is 99.8 cm³/mol. The van der Waals surface area contributed by atoms with E-state index in [-0.39, 0.29) is 11.8 Å². The van der Waals surface area contributed by atoms with E-state index < -0.39 is 0 Å². The van der Waals surface area contributed by atoms with Crippen LogP contribution in [0.3, 0.4) is 0 Å². The quantitative estimate of drug-likeness (QED) is 0.392. The molecule has 0 aliphatic carbocycles. The van der Waals surface area contributed by atoms with Crippen molar-refractivity contribution < 1.29 is 23.8 Å². The highest BCUT2D eigenvalue weighted by molar-refractivity contribution is 5.97. The maximum atomic E-state index is 11.8. The molecule has 0 radical (unpaired) electrons.